The number of nitro benzene ring substituents is 1. The van der Waals surface area contributed by atoms with Gasteiger partial charge in [0.25, 0.3) is 5.69 Å². The van der Waals surface area contributed by atoms with E-state index < -0.39 is 4.92 Å². The fraction of sp³-hybridized carbons (Fsp3) is 0.182. The third kappa shape index (κ3) is 2.08. The summed E-state index contributed by atoms with van der Waals surface area (Å²) < 4.78 is 0. The van der Waals surface area contributed by atoms with Crippen LogP contribution in [0, 0.1) is 10.1 Å². The summed E-state index contributed by atoms with van der Waals surface area (Å²) in [6.07, 6.45) is 3.70. The molecule has 0 saturated heterocycles. The fourth-order valence-corrected chi connectivity index (χ4v) is 1.54. The lowest BCUT2D eigenvalue weighted by Crippen LogP contribution is -2.23. The maximum atomic E-state index is 11.0. The Bertz CT molecular complexity index is 451. The van der Waals surface area contributed by atoms with Crippen molar-refractivity contribution in [3.63, 3.8) is 0 Å². The predicted molar refractivity (Wildman–Crippen MR) is 59.2 cm³/mol. The largest absolute Gasteiger partial charge is 0.347 e. The van der Waals surface area contributed by atoms with Gasteiger partial charge in [0, 0.05) is 37.0 Å². The molecule has 16 heavy (non-hydrogen) atoms. The molecule has 0 amide bonds. The number of carbonyl (C=O) groups is 1. The van der Waals surface area contributed by atoms with E-state index in [0.717, 1.165) is 5.69 Å². The zero-order chi connectivity index (χ0) is 11.5. The zero-order valence-corrected chi connectivity index (χ0v) is 8.50. The molecule has 1 aliphatic heterocycles. The number of hydrogen-bond acceptors (Lipinski definition) is 4. The van der Waals surface area contributed by atoms with Gasteiger partial charge in [-0.15, -0.1) is 0 Å². The molecule has 0 spiro atoms. The number of ketones is 1. The standard InChI is InChI=1S/C11H10N2O3/c14-11-5-7-12(8-6-11)9-1-3-10(4-2-9)13(15)16/h1-5,7H,6,8H2. The highest BCUT2D eigenvalue weighted by atomic mass is 16.6. The normalized spacial score (nSPS) is 15.2. The maximum absolute atomic E-state index is 11.0. The van der Waals surface area contributed by atoms with Crippen LogP contribution in [0.25, 0.3) is 0 Å². The van der Waals surface area contributed by atoms with E-state index in [1.165, 1.54) is 18.2 Å². The second-order valence-electron chi connectivity index (χ2n) is 3.50. The zero-order valence-electron chi connectivity index (χ0n) is 8.50. The summed E-state index contributed by atoms with van der Waals surface area (Å²) in [6, 6.07) is 6.27. The Labute approximate surface area is 92.1 Å². The van der Waals surface area contributed by atoms with Crippen LogP contribution >= 0.6 is 0 Å². The molecule has 5 nitrogen and oxygen atoms in total. The SMILES string of the molecule is O=C1C=CN(c2ccc([N+](=O)[O-])cc2)CC1. The average molecular weight is 218 g/mol. The summed E-state index contributed by atoms with van der Waals surface area (Å²) >= 11 is 0. The first-order valence-electron chi connectivity index (χ1n) is 4.89. The number of carbonyl (C=O) groups excluding carboxylic acids is 1. The molecule has 2 rings (SSSR count). The van der Waals surface area contributed by atoms with Crippen molar-refractivity contribution in [2.45, 2.75) is 6.42 Å². The molecular weight excluding hydrogens is 208 g/mol. The minimum Gasteiger partial charge on any atom is -0.347 e. The Morgan fingerprint density at radius 1 is 1.25 bits per heavy atom. The predicted octanol–water partition coefficient (Wildman–Crippen LogP) is 1.89. The topological polar surface area (TPSA) is 63.5 Å². The van der Waals surface area contributed by atoms with Gasteiger partial charge in [-0.05, 0) is 18.2 Å². The van der Waals surface area contributed by atoms with Gasteiger partial charge in [0.1, 0.15) is 0 Å². The van der Waals surface area contributed by atoms with Crippen LogP contribution < -0.4 is 4.90 Å². The highest BCUT2D eigenvalue weighted by Crippen LogP contribution is 2.21. The number of nitro groups is 1. The van der Waals surface area contributed by atoms with E-state index in [9.17, 15) is 14.9 Å². The number of allylic oxidation sites excluding steroid dienone is 1. The van der Waals surface area contributed by atoms with Crippen LogP contribution in [0.1, 0.15) is 6.42 Å². The third-order valence-electron chi connectivity index (χ3n) is 2.43. The fourth-order valence-electron chi connectivity index (χ4n) is 1.54. The molecule has 1 aromatic carbocycles. The van der Waals surface area contributed by atoms with Gasteiger partial charge in [-0.2, -0.15) is 0 Å². The van der Waals surface area contributed by atoms with E-state index in [2.05, 4.69) is 0 Å². The van der Waals surface area contributed by atoms with Gasteiger partial charge >= 0.3 is 0 Å². The van der Waals surface area contributed by atoms with Gasteiger partial charge in [-0.3, -0.25) is 14.9 Å². The Morgan fingerprint density at radius 3 is 2.44 bits per heavy atom. The van der Waals surface area contributed by atoms with Gasteiger partial charge < -0.3 is 4.90 Å². The Kier molecular flexibility index (Phi) is 2.68. The van der Waals surface area contributed by atoms with Crippen LogP contribution in [0.2, 0.25) is 0 Å². The first kappa shape index (κ1) is 10.4. The lowest BCUT2D eigenvalue weighted by molar-refractivity contribution is -0.384. The molecule has 0 radical (unpaired) electrons. The number of anilines is 1. The van der Waals surface area contributed by atoms with E-state index in [1.807, 2.05) is 4.90 Å². The van der Waals surface area contributed by atoms with E-state index in [1.54, 1.807) is 18.3 Å². The highest BCUT2D eigenvalue weighted by molar-refractivity contribution is 5.91. The summed E-state index contributed by atoms with van der Waals surface area (Å²) in [5.41, 5.74) is 0.926. The van der Waals surface area contributed by atoms with Crippen LogP contribution in [0.5, 0.6) is 0 Å². The van der Waals surface area contributed by atoms with Crippen LogP contribution in [0.4, 0.5) is 11.4 Å². The van der Waals surface area contributed by atoms with Crippen molar-refractivity contribution in [3.8, 4) is 0 Å². The average Bonchev–Trinajstić information content (AvgIpc) is 2.30. The van der Waals surface area contributed by atoms with Gasteiger partial charge in [0.15, 0.2) is 5.78 Å². The minimum absolute atomic E-state index is 0.0702. The molecule has 1 aromatic rings. The Hall–Kier alpha value is -2.17. The number of nitrogens with zero attached hydrogens (tertiary/aromatic N) is 2. The van der Waals surface area contributed by atoms with Gasteiger partial charge in [0.2, 0.25) is 0 Å². The summed E-state index contributed by atoms with van der Waals surface area (Å²) in [7, 11) is 0. The van der Waals surface area contributed by atoms with Crippen LogP contribution in [-0.2, 0) is 4.79 Å². The lowest BCUT2D eigenvalue weighted by atomic mass is 10.2. The van der Waals surface area contributed by atoms with E-state index >= 15 is 0 Å². The molecule has 1 aliphatic rings. The Morgan fingerprint density at radius 2 is 1.94 bits per heavy atom. The lowest BCUT2D eigenvalue weighted by Gasteiger charge is -2.22. The molecule has 5 heteroatoms. The van der Waals surface area contributed by atoms with Crippen molar-refractivity contribution in [1.82, 2.24) is 0 Å². The summed E-state index contributed by atoms with van der Waals surface area (Å²) in [4.78, 5) is 22.9. The van der Waals surface area contributed by atoms with Crippen molar-refractivity contribution in [3.05, 3.63) is 46.7 Å². The molecule has 0 saturated carbocycles. The van der Waals surface area contributed by atoms with Crippen molar-refractivity contribution in [2.24, 2.45) is 0 Å². The van der Waals surface area contributed by atoms with Crippen LogP contribution in [-0.4, -0.2) is 17.3 Å². The number of rotatable bonds is 2. The Balaban J connectivity index is 2.19. The first-order chi connectivity index (χ1) is 7.66. The molecule has 0 bridgehead atoms. The molecule has 0 atom stereocenters. The first-order valence-corrected chi connectivity index (χ1v) is 4.89. The van der Waals surface area contributed by atoms with E-state index in [4.69, 9.17) is 0 Å². The van der Waals surface area contributed by atoms with Gasteiger partial charge in [0.05, 0.1) is 4.92 Å². The molecule has 0 aromatic heterocycles. The molecule has 82 valence electrons. The molecule has 0 aliphatic carbocycles. The molecule has 0 fully saturated rings. The minimum atomic E-state index is -0.431. The smallest absolute Gasteiger partial charge is 0.269 e. The molecule has 1 heterocycles. The second kappa shape index (κ2) is 4.14. The molecule has 0 N–H and O–H groups in total. The number of benzene rings is 1. The van der Waals surface area contributed by atoms with Crippen molar-refractivity contribution in [1.29, 1.82) is 0 Å². The monoisotopic (exact) mass is 218 g/mol. The maximum Gasteiger partial charge on any atom is 0.269 e. The second-order valence-corrected chi connectivity index (χ2v) is 3.50. The molecular formula is C11H10N2O3. The summed E-state index contributed by atoms with van der Waals surface area (Å²) in [5.74, 6) is 0.109. The van der Waals surface area contributed by atoms with Gasteiger partial charge in [-0.1, -0.05) is 0 Å². The molecule has 0 unspecified atom stereocenters. The quantitative estimate of drug-likeness (QED) is 0.561. The van der Waals surface area contributed by atoms with Crippen molar-refractivity contribution >= 4 is 17.2 Å². The van der Waals surface area contributed by atoms with Crippen LogP contribution in [0.15, 0.2) is 36.5 Å². The van der Waals surface area contributed by atoms with Crippen molar-refractivity contribution < 1.29 is 9.72 Å². The summed E-state index contributed by atoms with van der Waals surface area (Å²) in [5, 5.41) is 10.5. The highest BCUT2D eigenvalue weighted by Gasteiger charge is 2.12. The van der Waals surface area contributed by atoms with Crippen LogP contribution in [0.3, 0.4) is 0 Å². The van der Waals surface area contributed by atoms with E-state index in [0.29, 0.717) is 13.0 Å². The number of hydrogen-bond donors (Lipinski definition) is 0. The third-order valence-corrected chi connectivity index (χ3v) is 2.43. The number of non-ortho nitro benzene ring substituents is 1. The van der Waals surface area contributed by atoms with Crippen molar-refractivity contribution in [2.75, 3.05) is 11.4 Å². The van der Waals surface area contributed by atoms with Gasteiger partial charge in [-0.25, -0.2) is 0 Å². The van der Waals surface area contributed by atoms with E-state index in [-0.39, 0.29) is 11.5 Å². The summed E-state index contributed by atoms with van der Waals surface area (Å²) in [6.45, 7) is 0.618.